The summed E-state index contributed by atoms with van der Waals surface area (Å²) < 4.78 is 10.7. The monoisotopic (exact) mass is 325 g/mol. The van der Waals surface area contributed by atoms with Crippen LogP contribution < -0.4 is 4.74 Å². The Morgan fingerprint density at radius 2 is 1.71 bits per heavy atom. The number of nitrogens with zero attached hydrogens (tertiary/aromatic N) is 1. The molecular weight excluding hydrogens is 306 g/mol. The highest BCUT2D eigenvalue weighted by molar-refractivity contribution is 6.04. The quantitative estimate of drug-likeness (QED) is 0.766. The second-order valence-electron chi connectivity index (χ2n) is 5.66. The van der Waals surface area contributed by atoms with Crippen molar-refractivity contribution in [3.63, 3.8) is 0 Å². The summed E-state index contributed by atoms with van der Waals surface area (Å²) in [6, 6.07) is 16.9. The van der Waals surface area contributed by atoms with Crippen LogP contribution in [0.5, 0.6) is 5.75 Å². The van der Waals surface area contributed by atoms with Gasteiger partial charge in [0, 0.05) is 0 Å². The van der Waals surface area contributed by atoms with Crippen LogP contribution in [0.3, 0.4) is 0 Å². The van der Waals surface area contributed by atoms with E-state index in [1.165, 1.54) is 4.90 Å². The summed E-state index contributed by atoms with van der Waals surface area (Å²) in [5.74, 6) is 0.266. The Labute approximate surface area is 140 Å². The lowest BCUT2D eigenvalue weighted by Gasteiger charge is -2.15. The first-order chi connectivity index (χ1) is 11.7. The smallest absolute Gasteiger partial charge is 0.259 e. The molecule has 0 aromatic heterocycles. The molecule has 0 bridgehead atoms. The summed E-state index contributed by atoms with van der Waals surface area (Å²) in [6.45, 7) is 0.577. The average molecular weight is 325 g/mol. The normalized spacial score (nSPS) is 17.4. The zero-order valence-electron chi connectivity index (χ0n) is 13.5. The number of hydrogen-bond acceptors (Lipinski definition) is 4. The van der Waals surface area contributed by atoms with Crippen molar-refractivity contribution in [2.75, 3.05) is 7.11 Å². The molecule has 5 nitrogen and oxygen atoms in total. The molecule has 1 aliphatic rings. The first-order valence-corrected chi connectivity index (χ1v) is 7.80. The lowest BCUT2D eigenvalue weighted by atomic mass is 10.2. The van der Waals surface area contributed by atoms with Crippen LogP contribution in [0, 0.1) is 0 Å². The van der Waals surface area contributed by atoms with Crippen molar-refractivity contribution in [2.24, 2.45) is 0 Å². The van der Waals surface area contributed by atoms with Gasteiger partial charge in [-0.3, -0.25) is 14.5 Å². The van der Waals surface area contributed by atoms with E-state index in [2.05, 4.69) is 0 Å². The molecule has 124 valence electrons. The third-order valence-electron chi connectivity index (χ3n) is 4.00. The maximum Gasteiger partial charge on any atom is 0.259 e. The van der Waals surface area contributed by atoms with Gasteiger partial charge in [0.25, 0.3) is 5.91 Å². The van der Waals surface area contributed by atoms with E-state index in [0.29, 0.717) is 6.61 Å². The zero-order valence-corrected chi connectivity index (χ0v) is 13.5. The van der Waals surface area contributed by atoms with Crippen molar-refractivity contribution in [3.8, 4) is 5.75 Å². The molecule has 2 amide bonds. The third kappa shape index (κ3) is 3.63. The van der Waals surface area contributed by atoms with Crippen molar-refractivity contribution in [2.45, 2.75) is 25.7 Å². The molecule has 1 aliphatic heterocycles. The lowest BCUT2D eigenvalue weighted by Crippen LogP contribution is -2.32. The molecule has 5 heteroatoms. The van der Waals surface area contributed by atoms with E-state index >= 15 is 0 Å². The van der Waals surface area contributed by atoms with Crippen LogP contribution in [0.2, 0.25) is 0 Å². The fourth-order valence-electron chi connectivity index (χ4n) is 2.63. The first-order valence-electron chi connectivity index (χ1n) is 7.80. The van der Waals surface area contributed by atoms with Crippen LogP contribution in [-0.2, 0) is 27.5 Å². The lowest BCUT2D eigenvalue weighted by molar-refractivity contribution is -0.143. The molecular formula is C19H19NO4. The Bertz CT molecular complexity index is 712. The summed E-state index contributed by atoms with van der Waals surface area (Å²) in [6.07, 6.45) is -0.599. The molecule has 0 unspecified atom stereocenters. The molecule has 0 saturated carbocycles. The van der Waals surface area contributed by atoms with Gasteiger partial charge in [-0.15, -0.1) is 0 Å². The van der Waals surface area contributed by atoms with Gasteiger partial charge in [-0.1, -0.05) is 42.5 Å². The number of likely N-dealkylation sites (tertiary alicyclic amines) is 1. The molecule has 1 fully saturated rings. The summed E-state index contributed by atoms with van der Waals surface area (Å²) in [5.41, 5.74) is 1.85. The third-order valence-corrected chi connectivity index (χ3v) is 4.00. The van der Waals surface area contributed by atoms with Gasteiger partial charge < -0.3 is 9.47 Å². The zero-order chi connectivity index (χ0) is 16.9. The Hall–Kier alpha value is -2.66. The van der Waals surface area contributed by atoms with Crippen molar-refractivity contribution >= 4 is 11.8 Å². The van der Waals surface area contributed by atoms with Crippen LogP contribution in [0.1, 0.15) is 17.5 Å². The van der Waals surface area contributed by atoms with Crippen molar-refractivity contribution in [1.29, 1.82) is 0 Å². The van der Waals surface area contributed by atoms with Gasteiger partial charge in [-0.25, -0.2) is 0 Å². The van der Waals surface area contributed by atoms with Crippen LogP contribution in [0.15, 0.2) is 54.6 Å². The topological polar surface area (TPSA) is 55.8 Å². The first kappa shape index (κ1) is 16.2. The molecule has 1 heterocycles. The maximum atomic E-state index is 12.4. The molecule has 1 saturated heterocycles. The number of carbonyl (C=O) groups excluding carboxylic acids is 2. The van der Waals surface area contributed by atoms with Gasteiger partial charge in [0.15, 0.2) is 0 Å². The molecule has 0 radical (unpaired) electrons. The number of rotatable bonds is 6. The molecule has 24 heavy (non-hydrogen) atoms. The summed E-state index contributed by atoms with van der Waals surface area (Å²) >= 11 is 0. The predicted molar refractivity (Wildman–Crippen MR) is 88.2 cm³/mol. The second kappa shape index (κ2) is 7.27. The second-order valence-corrected chi connectivity index (χ2v) is 5.66. The molecule has 3 rings (SSSR count). The van der Waals surface area contributed by atoms with E-state index in [0.717, 1.165) is 16.9 Å². The van der Waals surface area contributed by atoms with Crippen LogP contribution in [0.4, 0.5) is 0 Å². The van der Waals surface area contributed by atoms with Crippen molar-refractivity contribution < 1.29 is 19.1 Å². The van der Waals surface area contributed by atoms with Gasteiger partial charge in [0.05, 0.1) is 26.7 Å². The minimum Gasteiger partial charge on any atom is -0.497 e. The Morgan fingerprint density at radius 3 is 2.38 bits per heavy atom. The Balaban J connectivity index is 1.61. The van der Waals surface area contributed by atoms with Gasteiger partial charge in [0.2, 0.25) is 5.91 Å². The average Bonchev–Trinajstić information content (AvgIpc) is 2.89. The van der Waals surface area contributed by atoms with Crippen LogP contribution in [-0.4, -0.2) is 29.9 Å². The Morgan fingerprint density at radius 1 is 1.00 bits per heavy atom. The van der Waals surface area contributed by atoms with E-state index in [9.17, 15) is 9.59 Å². The molecule has 1 atom stereocenters. The van der Waals surface area contributed by atoms with Gasteiger partial charge >= 0.3 is 0 Å². The van der Waals surface area contributed by atoms with E-state index < -0.39 is 6.10 Å². The van der Waals surface area contributed by atoms with E-state index in [4.69, 9.17) is 9.47 Å². The molecule has 2 aromatic rings. The van der Waals surface area contributed by atoms with Gasteiger partial charge in [0.1, 0.15) is 11.9 Å². The minimum atomic E-state index is -0.698. The standard InChI is InChI=1S/C19H19NO4/c1-23-16-9-7-14(8-10-16)12-20-18(21)11-17(19(20)22)24-13-15-5-3-2-4-6-15/h2-10,17H,11-13H2,1H3/t17-/m1/s1. The van der Waals surface area contributed by atoms with E-state index in [1.54, 1.807) is 7.11 Å². The van der Waals surface area contributed by atoms with Crippen molar-refractivity contribution in [3.05, 3.63) is 65.7 Å². The molecule has 0 spiro atoms. The SMILES string of the molecule is COc1ccc(CN2C(=O)C[C@@H](OCc3ccccc3)C2=O)cc1. The maximum absolute atomic E-state index is 12.4. The number of imide groups is 1. The Kier molecular flexibility index (Phi) is 4.91. The highest BCUT2D eigenvalue weighted by Gasteiger charge is 2.39. The predicted octanol–water partition coefficient (Wildman–Crippen LogP) is 2.54. The summed E-state index contributed by atoms with van der Waals surface area (Å²) in [4.78, 5) is 25.8. The van der Waals surface area contributed by atoms with Gasteiger partial charge in [-0.05, 0) is 23.3 Å². The molecule has 0 aliphatic carbocycles. The number of methoxy groups -OCH3 is 1. The largest absolute Gasteiger partial charge is 0.497 e. The number of ether oxygens (including phenoxy) is 2. The van der Waals surface area contributed by atoms with Crippen molar-refractivity contribution in [1.82, 2.24) is 4.90 Å². The fraction of sp³-hybridized carbons (Fsp3) is 0.263. The number of carbonyl (C=O) groups is 2. The fourth-order valence-corrected chi connectivity index (χ4v) is 2.63. The highest BCUT2D eigenvalue weighted by atomic mass is 16.5. The summed E-state index contributed by atoms with van der Waals surface area (Å²) in [7, 11) is 1.59. The van der Waals surface area contributed by atoms with Crippen LogP contribution >= 0.6 is 0 Å². The summed E-state index contributed by atoms with van der Waals surface area (Å²) in [5, 5.41) is 0. The molecule has 2 aromatic carbocycles. The molecule has 0 N–H and O–H groups in total. The minimum absolute atomic E-state index is 0.0990. The number of amides is 2. The highest BCUT2D eigenvalue weighted by Crippen LogP contribution is 2.21. The number of hydrogen-bond donors (Lipinski definition) is 0. The van der Waals surface area contributed by atoms with Crippen LogP contribution in [0.25, 0.3) is 0 Å². The van der Waals surface area contributed by atoms with E-state index in [1.807, 2.05) is 54.6 Å². The van der Waals surface area contributed by atoms with E-state index in [-0.39, 0.29) is 24.8 Å². The van der Waals surface area contributed by atoms with Gasteiger partial charge in [-0.2, -0.15) is 0 Å². The number of benzene rings is 2.